The van der Waals surface area contributed by atoms with Gasteiger partial charge in [-0.2, -0.15) is 0 Å². The SMILES string of the molecule is Cc1ccc(C(=O)OC[C@@H]2SC(C)C[C@H]2OC(=O)c2ccc(C)cc2)cc1. The van der Waals surface area contributed by atoms with E-state index in [-0.39, 0.29) is 29.9 Å². The maximum atomic E-state index is 12.4. The molecule has 0 amide bonds. The van der Waals surface area contributed by atoms with Crippen LogP contribution in [0.25, 0.3) is 0 Å². The Morgan fingerprint density at radius 2 is 1.44 bits per heavy atom. The fraction of sp³-hybridized carbons (Fsp3) is 0.364. The molecule has 3 rings (SSSR count). The van der Waals surface area contributed by atoms with Crippen LogP contribution in [-0.4, -0.2) is 35.1 Å². The second-order valence-electron chi connectivity index (χ2n) is 7.00. The number of esters is 2. The number of carbonyl (C=O) groups is 2. The molecule has 3 atom stereocenters. The van der Waals surface area contributed by atoms with Gasteiger partial charge in [-0.3, -0.25) is 0 Å². The van der Waals surface area contributed by atoms with Crippen molar-refractivity contribution in [1.29, 1.82) is 0 Å². The molecule has 0 N–H and O–H groups in total. The van der Waals surface area contributed by atoms with Crippen LogP contribution in [0.1, 0.15) is 45.2 Å². The van der Waals surface area contributed by atoms with Gasteiger partial charge in [0.05, 0.1) is 16.4 Å². The highest BCUT2D eigenvalue weighted by Gasteiger charge is 2.36. The molecular formula is C22H24O4S. The van der Waals surface area contributed by atoms with Crippen molar-refractivity contribution in [2.45, 2.75) is 43.8 Å². The molecule has 1 unspecified atom stereocenters. The zero-order valence-corrected chi connectivity index (χ0v) is 16.6. The van der Waals surface area contributed by atoms with Crippen molar-refractivity contribution in [1.82, 2.24) is 0 Å². The maximum Gasteiger partial charge on any atom is 0.338 e. The van der Waals surface area contributed by atoms with Crippen LogP contribution in [0.5, 0.6) is 0 Å². The quantitative estimate of drug-likeness (QED) is 0.706. The summed E-state index contributed by atoms with van der Waals surface area (Å²) in [5.74, 6) is -0.677. The van der Waals surface area contributed by atoms with E-state index in [0.717, 1.165) is 17.5 Å². The van der Waals surface area contributed by atoms with Gasteiger partial charge in [0, 0.05) is 5.25 Å². The molecule has 27 heavy (non-hydrogen) atoms. The number of aryl methyl sites for hydroxylation is 2. The van der Waals surface area contributed by atoms with Gasteiger partial charge in [0.15, 0.2) is 0 Å². The lowest BCUT2D eigenvalue weighted by Crippen LogP contribution is -2.29. The Balaban J connectivity index is 1.58. The highest BCUT2D eigenvalue weighted by Crippen LogP contribution is 2.36. The molecule has 0 aliphatic carbocycles. The zero-order chi connectivity index (χ0) is 19.4. The predicted octanol–water partition coefficient (Wildman–Crippen LogP) is 4.58. The number of hydrogen-bond acceptors (Lipinski definition) is 5. The van der Waals surface area contributed by atoms with Crippen LogP contribution >= 0.6 is 11.8 Å². The first kappa shape index (κ1) is 19.5. The number of rotatable bonds is 5. The normalized spacial score (nSPS) is 21.7. The van der Waals surface area contributed by atoms with E-state index in [9.17, 15) is 9.59 Å². The van der Waals surface area contributed by atoms with Gasteiger partial charge < -0.3 is 9.47 Å². The Morgan fingerprint density at radius 1 is 0.926 bits per heavy atom. The molecule has 0 aromatic heterocycles. The first-order chi connectivity index (χ1) is 12.9. The highest BCUT2D eigenvalue weighted by atomic mass is 32.2. The average Bonchev–Trinajstić information content (AvgIpc) is 3.00. The lowest BCUT2D eigenvalue weighted by atomic mass is 10.1. The summed E-state index contributed by atoms with van der Waals surface area (Å²) in [5, 5.41) is 0.299. The fourth-order valence-electron chi connectivity index (χ4n) is 3.02. The van der Waals surface area contributed by atoms with Crippen molar-refractivity contribution in [2.75, 3.05) is 6.61 Å². The predicted molar refractivity (Wildman–Crippen MR) is 107 cm³/mol. The van der Waals surface area contributed by atoms with Crippen LogP contribution < -0.4 is 0 Å². The molecule has 2 aromatic carbocycles. The van der Waals surface area contributed by atoms with E-state index in [4.69, 9.17) is 9.47 Å². The molecule has 0 spiro atoms. The Morgan fingerprint density at radius 3 is 2.00 bits per heavy atom. The molecule has 1 aliphatic heterocycles. The molecule has 4 nitrogen and oxygen atoms in total. The monoisotopic (exact) mass is 384 g/mol. The molecule has 1 heterocycles. The number of carbonyl (C=O) groups excluding carboxylic acids is 2. The lowest BCUT2D eigenvalue weighted by Gasteiger charge is -2.19. The fourth-order valence-corrected chi connectivity index (χ4v) is 4.40. The minimum Gasteiger partial charge on any atom is -0.461 e. The van der Waals surface area contributed by atoms with Crippen molar-refractivity contribution in [2.24, 2.45) is 0 Å². The summed E-state index contributed by atoms with van der Waals surface area (Å²) in [7, 11) is 0. The molecule has 0 bridgehead atoms. The Labute approximate surface area is 164 Å². The van der Waals surface area contributed by atoms with Crippen molar-refractivity contribution in [3.8, 4) is 0 Å². The van der Waals surface area contributed by atoms with E-state index in [0.29, 0.717) is 16.4 Å². The molecule has 142 valence electrons. The van der Waals surface area contributed by atoms with E-state index in [2.05, 4.69) is 6.92 Å². The van der Waals surface area contributed by atoms with Gasteiger partial charge in [0.1, 0.15) is 12.7 Å². The number of benzene rings is 2. The number of hydrogen-bond donors (Lipinski definition) is 0. The maximum absolute atomic E-state index is 12.4. The average molecular weight is 384 g/mol. The van der Waals surface area contributed by atoms with Crippen LogP contribution in [-0.2, 0) is 9.47 Å². The summed E-state index contributed by atoms with van der Waals surface area (Å²) in [5.41, 5.74) is 3.26. The third kappa shape index (κ3) is 5.13. The summed E-state index contributed by atoms with van der Waals surface area (Å²) in [6, 6.07) is 14.6. The Kier molecular flexibility index (Phi) is 6.22. The van der Waals surface area contributed by atoms with E-state index < -0.39 is 0 Å². The topological polar surface area (TPSA) is 52.6 Å². The largest absolute Gasteiger partial charge is 0.461 e. The molecule has 0 radical (unpaired) electrons. The van der Waals surface area contributed by atoms with Gasteiger partial charge in [-0.15, -0.1) is 11.8 Å². The third-order valence-corrected chi connectivity index (χ3v) is 6.04. The standard InChI is InChI=1S/C22H24O4S/c1-14-4-8-17(9-5-14)21(23)25-13-20-19(12-16(3)27-20)26-22(24)18-10-6-15(2)7-11-18/h4-11,16,19-20H,12-13H2,1-3H3/t16?,19-,20+/m1/s1. The summed E-state index contributed by atoms with van der Waals surface area (Å²) >= 11 is 1.70. The molecule has 0 saturated carbocycles. The van der Waals surface area contributed by atoms with Crippen LogP contribution in [0.15, 0.2) is 48.5 Å². The van der Waals surface area contributed by atoms with Crippen molar-refractivity contribution in [3.63, 3.8) is 0 Å². The second kappa shape index (κ2) is 8.61. The van der Waals surface area contributed by atoms with Crippen molar-refractivity contribution >= 4 is 23.7 Å². The Hall–Kier alpha value is -2.27. The van der Waals surface area contributed by atoms with Crippen molar-refractivity contribution in [3.05, 3.63) is 70.8 Å². The van der Waals surface area contributed by atoms with Crippen LogP contribution in [0.2, 0.25) is 0 Å². The van der Waals surface area contributed by atoms with E-state index in [1.54, 1.807) is 36.0 Å². The molecule has 1 saturated heterocycles. The molecule has 2 aromatic rings. The minimum absolute atomic E-state index is 0.0520. The van der Waals surface area contributed by atoms with Gasteiger partial charge in [0.2, 0.25) is 0 Å². The van der Waals surface area contributed by atoms with Crippen LogP contribution in [0.4, 0.5) is 0 Å². The first-order valence-corrected chi connectivity index (χ1v) is 10.0. The zero-order valence-electron chi connectivity index (χ0n) is 15.8. The van der Waals surface area contributed by atoms with Gasteiger partial charge in [-0.1, -0.05) is 42.3 Å². The third-order valence-electron chi connectivity index (χ3n) is 4.60. The summed E-state index contributed by atoms with van der Waals surface area (Å²) in [4.78, 5) is 24.7. The molecular weight excluding hydrogens is 360 g/mol. The van der Waals surface area contributed by atoms with Gasteiger partial charge in [-0.25, -0.2) is 9.59 Å². The highest BCUT2D eigenvalue weighted by molar-refractivity contribution is 8.00. The van der Waals surface area contributed by atoms with Gasteiger partial charge in [-0.05, 0) is 44.5 Å². The molecule has 1 aliphatic rings. The van der Waals surface area contributed by atoms with Gasteiger partial charge in [0.25, 0.3) is 0 Å². The molecule has 5 heteroatoms. The summed E-state index contributed by atoms with van der Waals surface area (Å²) in [6.07, 6.45) is 0.499. The van der Waals surface area contributed by atoms with Crippen LogP contribution in [0, 0.1) is 13.8 Å². The minimum atomic E-state index is -0.348. The van der Waals surface area contributed by atoms with Gasteiger partial charge >= 0.3 is 11.9 Å². The summed E-state index contributed by atoms with van der Waals surface area (Å²) in [6.45, 7) is 6.27. The summed E-state index contributed by atoms with van der Waals surface area (Å²) < 4.78 is 11.2. The van der Waals surface area contributed by atoms with E-state index >= 15 is 0 Å². The Bertz CT molecular complexity index is 798. The molecule has 1 fully saturated rings. The smallest absolute Gasteiger partial charge is 0.338 e. The first-order valence-electron chi connectivity index (χ1n) is 9.09. The van der Waals surface area contributed by atoms with Crippen molar-refractivity contribution < 1.29 is 19.1 Å². The van der Waals surface area contributed by atoms with Crippen LogP contribution in [0.3, 0.4) is 0 Å². The number of thioether (sulfide) groups is 1. The lowest BCUT2D eigenvalue weighted by molar-refractivity contribution is 0.0214. The number of ether oxygens (including phenoxy) is 2. The van der Waals surface area contributed by atoms with E-state index in [1.807, 2.05) is 38.1 Å². The van der Waals surface area contributed by atoms with E-state index in [1.165, 1.54) is 0 Å². The second-order valence-corrected chi connectivity index (χ2v) is 8.68.